The van der Waals surface area contributed by atoms with Crippen molar-refractivity contribution in [2.24, 2.45) is 4.99 Å². The van der Waals surface area contributed by atoms with E-state index in [-0.39, 0.29) is 0 Å². The maximum Gasteiger partial charge on any atom is 0.153 e. The number of isothiocyanates is 1. The molecule has 0 atom stereocenters. The normalized spacial score (nSPS) is 9.68. The average molecular weight is 431 g/mol. The molecule has 0 unspecified atom stereocenters. The number of thiocarbonyl (C=S) groups is 1. The first-order valence-electron chi connectivity index (χ1n) is 9.49. The molecule has 1 nitrogen and oxygen atoms in total. The highest BCUT2D eigenvalue weighted by Gasteiger charge is 2.11. The van der Waals surface area contributed by atoms with Crippen LogP contribution < -0.4 is 0 Å². The number of aliphatic imine (C=N–C) groups is 1. The predicted molar refractivity (Wildman–Crippen MR) is 121 cm³/mol. The summed E-state index contributed by atoms with van der Waals surface area (Å²) in [6, 6.07) is 13.9. The van der Waals surface area contributed by atoms with E-state index in [1.807, 2.05) is 12.1 Å². The van der Waals surface area contributed by atoms with Gasteiger partial charge < -0.3 is 0 Å². The Balaban J connectivity index is 1.80. The molecule has 5 heteroatoms. The molecule has 0 radical (unpaired) electrons. The van der Waals surface area contributed by atoms with Crippen molar-refractivity contribution in [3.63, 3.8) is 0 Å². The molecule has 0 spiro atoms. The maximum absolute atomic E-state index is 14.1. The summed E-state index contributed by atoms with van der Waals surface area (Å²) < 4.78 is 42.2. The monoisotopic (exact) mass is 431 g/mol. The lowest BCUT2D eigenvalue weighted by Gasteiger charge is -2.05. The smallest absolute Gasteiger partial charge is 0.153 e. The minimum absolute atomic E-state index is 0.352. The number of hydrogen-bond acceptors (Lipinski definition) is 2. The summed E-state index contributed by atoms with van der Waals surface area (Å²) in [4.78, 5) is 3.40. The number of rotatable bonds is 3. The quantitative estimate of drug-likeness (QED) is 0.246. The van der Waals surface area contributed by atoms with Crippen molar-refractivity contribution in [1.29, 1.82) is 0 Å². The highest BCUT2D eigenvalue weighted by molar-refractivity contribution is 7.78. The van der Waals surface area contributed by atoms with E-state index in [2.05, 4.69) is 40.9 Å². The van der Waals surface area contributed by atoms with Crippen LogP contribution in [0.5, 0.6) is 0 Å². The van der Waals surface area contributed by atoms with E-state index in [1.165, 1.54) is 18.2 Å². The van der Waals surface area contributed by atoms with E-state index < -0.39 is 23.1 Å². The molecule has 3 rings (SSSR count). The van der Waals surface area contributed by atoms with Gasteiger partial charge in [-0.15, -0.1) is 0 Å². The molecule has 0 amide bonds. The second-order valence-corrected chi connectivity index (χ2v) is 6.75. The van der Waals surface area contributed by atoms with Gasteiger partial charge in [-0.3, -0.25) is 0 Å². The van der Waals surface area contributed by atoms with Gasteiger partial charge in [0.15, 0.2) is 11.6 Å². The number of halogens is 3. The van der Waals surface area contributed by atoms with E-state index in [4.69, 9.17) is 0 Å². The van der Waals surface area contributed by atoms with Crippen molar-refractivity contribution in [3.05, 3.63) is 88.7 Å². The Kier molecular flexibility index (Phi) is 7.41. The van der Waals surface area contributed by atoms with E-state index in [0.29, 0.717) is 27.8 Å². The topological polar surface area (TPSA) is 12.4 Å². The Morgan fingerprint density at radius 1 is 0.774 bits per heavy atom. The molecule has 0 aromatic heterocycles. The molecule has 0 heterocycles. The minimum Gasteiger partial charge on any atom is -0.206 e. The van der Waals surface area contributed by atoms with Crippen LogP contribution >= 0.6 is 12.2 Å². The van der Waals surface area contributed by atoms with Gasteiger partial charge in [-0.05, 0) is 72.2 Å². The van der Waals surface area contributed by atoms with Crippen LogP contribution in [0.4, 0.5) is 18.9 Å². The van der Waals surface area contributed by atoms with Crippen molar-refractivity contribution in [1.82, 2.24) is 0 Å². The molecule has 0 saturated heterocycles. The van der Waals surface area contributed by atoms with Crippen molar-refractivity contribution < 1.29 is 13.2 Å². The number of hydrogen-bond donors (Lipinski definition) is 0. The third-order valence-electron chi connectivity index (χ3n) is 4.31. The molecule has 0 saturated carbocycles. The van der Waals surface area contributed by atoms with Gasteiger partial charge in [0.05, 0.1) is 10.7 Å². The summed E-state index contributed by atoms with van der Waals surface area (Å²) in [6.45, 7) is 2.01. The van der Waals surface area contributed by atoms with Crippen LogP contribution in [-0.4, -0.2) is 5.16 Å². The summed E-state index contributed by atoms with van der Waals surface area (Å²) in [5.74, 6) is 9.55. The summed E-state index contributed by atoms with van der Waals surface area (Å²) in [5, 5.41) is 1.96. The van der Waals surface area contributed by atoms with E-state index >= 15 is 0 Å². The van der Waals surface area contributed by atoms with E-state index in [9.17, 15) is 13.2 Å². The largest absolute Gasteiger partial charge is 0.206 e. The van der Waals surface area contributed by atoms with Gasteiger partial charge in [-0.2, -0.15) is 4.99 Å². The van der Waals surface area contributed by atoms with E-state index in [0.717, 1.165) is 12.8 Å². The average Bonchev–Trinajstić information content (AvgIpc) is 2.76. The Bertz CT molecular complexity index is 1260. The second kappa shape index (κ2) is 10.4. The Morgan fingerprint density at radius 2 is 1.42 bits per heavy atom. The second-order valence-electron chi connectivity index (χ2n) is 6.57. The van der Waals surface area contributed by atoms with Crippen LogP contribution in [0.25, 0.3) is 11.1 Å². The highest BCUT2D eigenvalue weighted by Crippen LogP contribution is 2.29. The number of unbranched alkanes of at least 4 members (excludes halogenated alkanes) is 1. The number of nitrogens with zero attached hydrogens (tertiary/aromatic N) is 1. The molecule has 0 aliphatic carbocycles. The van der Waals surface area contributed by atoms with Gasteiger partial charge in [-0.1, -0.05) is 42.7 Å². The molecule has 3 aromatic rings. The number of benzene rings is 3. The van der Waals surface area contributed by atoms with Crippen LogP contribution in [0.15, 0.2) is 59.6 Å². The Morgan fingerprint density at radius 3 is 2.03 bits per heavy atom. The molecular weight excluding hydrogens is 415 g/mol. The lowest BCUT2D eigenvalue weighted by Crippen LogP contribution is -1.87. The van der Waals surface area contributed by atoms with Crippen LogP contribution in [-0.2, 0) is 0 Å². The van der Waals surface area contributed by atoms with Gasteiger partial charge in [0.2, 0.25) is 0 Å². The first-order chi connectivity index (χ1) is 15.0. The molecule has 0 bridgehead atoms. The lowest BCUT2D eigenvalue weighted by atomic mass is 10.0. The fraction of sp³-hybridized carbons (Fsp3) is 0.115. The fourth-order valence-electron chi connectivity index (χ4n) is 2.75. The lowest BCUT2D eigenvalue weighted by molar-refractivity contribution is 0.588. The molecule has 152 valence electrons. The summed E-state index contributed by atoms with van der Waals surface area (Å²) in [5.41, 5.74) is 2.07. The van der Waals surface area contributed by atoms with Crippen molar-refractivity contribution in [3.8, 4) is 34.8 Å². The first kappa shape index (κ1) is 22.1. The summed E-state index contributed by atoms with van der Waals surface area (Å²) >= 11 is 4.40. The van der Waals surface area contributed by atoms with Crippen molar-refractivity contribution >= 4 is 23.1 Å². The minimum atomic E-state index is -0.818. The van der Waals surface area contributed by atoms with Crippen molar-refractivity contribution in [2.45, 2.75) is 19.8 Å². The van der Waals surface area contributed by atoms with Gasteiger partial charge in [-0.25, -0.2) is 13.2 Å². The zero-order chi connectivity index (χ0) is 22.2. The third kappa shape index (κ3) is 5.71. The van der Waals surface area contributed by atoms with E-state index in [1.54, 1.807) is 36.4 Å². The van der Waals surface area contributed by atoms with Crippen LogP contribution in [0, 0.1) is 41.1 Å². The molecular formula is C26H16F3NS. The van der Waals surface area contributed by atoms with Crippen LogP contribution in [0.1, 0.15) is 36.5 Å². The highest BCUT2D eigenvalue weighted by atomic mass is 32.1. The molecule has 0 aliphatic heterocycles. The summed E-state index contributed by atoms with van der Waals surface area (Å²) in [6.07, 6.45) is 1.65. The zero-order valence-corrected chi connectivity index (χ0v) is 17.4. The molecule has 0 N–H and O–H groups in total. The van der Waals surface area contributed by atoms with Gasteiger partial charge in [0, 0.05) is 17.5 Å². The van der Waals surface area contributed by atoms with Crippen molar-refractivity contribution in [2.75, 3.05) is 0 Å². The molecule has 0 fully saturated rings. The van der Waals surface area contributed by atoms with Crippen LogP contribution in [0.2, 0.25) is 0 Å². The predicted octanol–water partition coefficient (Wildman–Crippen LogP) is 7.06. The molecule has 3 aromatic carbocycles. The van der Waals surface area contributed by atoms with Gasteiger partial charge >= 0.3 is 0 Å². The third-order valence-corrected chi connectivity index (χ3v) is 4.40. The SMILES string of the molecule is CCCC#Cc1ccc(C#Cc2ccc(-c3cc(F)c(N=C=S)c(F)c3)cc2)cc1F. The first-order valence-corrected chi connectivity index (χ1v) is 9.90. The maximum atomic E-state index is 14.1. The summed E-state index contributed by atoms with van der Waals surface area (Å²) in [7, 11) is 0. The molecule has 31 heavy (non-hydrogen) atoms. The fourth-order valence-corrected chi connectivity index (χ4v) is 2.84. The standard InChI is InChI=1S/C26H16F3NS/c1-2-3-4-5-21-13-10-19(14-23(21)27)7-6-18-8-11-20(12-9-18)22-15-24(28)26(30-17-31)25(29)16-22/h8-16H,2-3H2,1H3. The van der Waals surface area contributed by atoms with Gasteiger partial charge in [0.1, 0.15) is 11.5 Å². The Labute approximate surface area is 184 Å². The van der Waals surface area contributed by atoms with Crippen LogP contribution in [0.3, 0.4) is 0 Å². The Hall–Kier alpha value is -3.63. The zero-order valence-electron chi connectivity index (χ0n) is 16.6. The van der Waals surface area contributed by atoms with Gasteiger partial charge in [0.25, 0.3) is 0 Å². The molecule has 0 aliphatic rings.